The number of fused-ring (bicyclic) bond motifs is 15. The predicted molar refractivity (Wildman–Crippen MR) is 348 cm³/mol. The van der Waals surface area contributed by atoms with Gasteiger partial charge in [0.2, 0.25) is 53.4 Å². The Morgan fingerprint density at radius 3 is 1.93 bits per heavy atom. The first-order valence-electron chi connectivity index (χ1n) is 31.5. The van der Waals surface area contributed by atoms with Gasteiger partial charge in [-0.1, -0.05) is 55.2 Å². The number of primary amides is 1. The number of carbonyl (C=O) groups is 9. The maximum atomic E-state index is 16.1. The lowest BCUT2D eigenvalue weighted by molar-refractivity contribution is -0.277. The number of benzene rings is 5. The number of carbonyl (C=O) groups excluding carboxylic acids is 8. The van der Waals surface area contributed by atoms with Crippen LogP contribution >= 0.6 is 23.2 Å². The molecular weight excluding hydrogens is 1370 g/mol. The van der Waals surface area contributed by atoms with Crippen molar-refractivity contribution >= 4 is 76.3 Å². The molecule has 0 spiro atoms. The summed E-state index contributed by atoms with van der Waals surface area (Å²) in [5, 5.41) is 118. The summed E-state index contributed by atoms with van der Waals surface area (Å²) in [5.74, 6) is -16.7. The topological polar surface area (TPSA) is 527 Å². The van der Waals surface area contributed by atoms with E-state index < -0.39 is 243 Å². The van der Waals surface area contributed by atoms with E-state index in [1.165, 1.54) is 39.1 Å². The Bertz CT molecular complexity index is 4130. The first kappa shape index (κ1) is 74.2. The van der Waals surface area contributed by atoms with Gasteiger partial charge >= 0.3 is 5.97 Å². The Hall–Kier alpha value is -9.49. The van der Waals surface area contributed by atoms with Crippen molar-refractivity contribution in [1.82, 2.24) is 37.2 Å². The van der Waals surface area contributed by atoms with E-state index in [2.05, 4.69) is 37.2 Å². The van der Waals surface area contributed by atoms with Crippen molar-refractivity contribution in [3.63, 3.8) is 0 Å². The second kappa shape index (κ2) is 30.0. The number of carboxylic acids is 1. The fraction of sp³-hybridized carbons (Fsp3) is 0.409. The molecule has 7 aliphatic rings. The van der Waals surface area contributed by atoms with E-state index >= 15 is 19.2 Å². The normalized spacial score (nSPS) is 28.7. The molecule has 5 aromatic carbocycles. The number of aromatic hydroxyl groups is 3. The van der Waals surface area contributed by atoms with Gasteiger partial charge in [0.25, 0.3) is 0 Å². The van der Waals surface area contributed by atoms with Crippen LogP contribution in [0.1, 0.15) is 105 Å². The van der Waals surface area contributed by atoms with E-state index in [0.717, 1.165) is 60.7 Å². The maximum Gasteiger partial charge on any atom is 0.330 e. The summed E-state index contributed by atoms with van der Waals surface area (Å²) < 4.78 is 37.8. The first-order chi connectivity index (χ1) is 47.7. The molecular formula is C66H73Cl2N9O24. The smallest absolute Gasteiger partial charge is 0.330 e. The number of rotatable bonds is 13. The van der Waals surface area contributed by atoms with Crippen molar-refractivity contribution in [3.8, 4) is 57.1 Å². The molecule has 0 saturated carbocycles. The first-order valence-corrected chi connectivity index (χ1v) is 32.2. The number of phenols is 3. The zero-order chi connectivity index (χ0) is 73.5. The van der Waals surface area contributed by atoms with Crippen molar-refractivity contribution in [2.45, 2.75) is 150 Å². The summed E-state index contributed by atoms with van der Waals surface area (Å²) in [6.45, 7) is 5.40. The van der Waals surface area contributed by atoms with Crippen LogP contribution in [0, 0.1) is 5.92 Å². The standard InChI is InChI=1S/C66H73Cl2N9O24/c1-23(2)12-34(71-5)58(88)76-49-51(83)26-7-10-38(32(67)14-26)97-40-16-28-17-41(56(40)101-65-54(86)53(85)52(84)42(22-78)99-65)98-39-11-8-27(15-33(39)68)55(100-44-21-66(4,70)57(87)24(3)96-44)50-63(93)75-48(64(94)95)31-18-29(79)19-37(81)45(31)30-13-25(6-9-36(30)80)46(60(90)77-50)74-61(91)47(28)73-59(89)35(20-43(69)82)72-62(49)92/h6-11,13-19,23-24,34-35,42,44,46-55,65,71,78-81,83-86H,12,20-22,70H2,1-5H3,(H2,69,82)(H,72,92)(H,73,89)(H,74,91)(H,75,93)(H,76,88)(H,77,90)(H,94,95)/t24-,34+,35+,42+,44-,46+,47+,48+,49+,50?,51+,52+,53-,54+,55+,65-,66-/m0/s1. The number of nitrogens with two attached hydrogens (primary N) is 2. The molecule has 540 valence electrons. The summed E-state index contributed by atoms with van der Waals surface area (Å²) in [7, 11) is 1.47. The number of hydrogen-bond acceptors (Lipinski definition) is 25. The summed E-state index contributed by atoms with van der Waals surface area (Å²) in [6.07, 6.45) is -18.1. The number of aliphatic hydroxyl groups excluding tert-OH is 5. The number of hydrogen-bond donors (Lipinski definition) is 18. The summed E-state index contributed by atoms with van der Waals surface area (Å²) in [6, 6.07) is -0.561. The molecule has 7 amide bonds. The quantitative estimate of drug-likeness (QED) is 0.0754. The zero-order valence-electron chi connectivity index (χ0n) is 54.2. The molecule has 0 radical (unpaired) electrons. The SMILES string of the molecule is CN[C@H](CC(C)C)C(=O)N[C@H]1C(=O)N[C@H](CC(N)=O)C(=O)N[C@H]2C(=O)N[C@H]3C(=O)NC(C(=O)N[C@@H](C(=O)O)c4cc(O)cc(O)c4-c4cc3ccc4O)[C@H](O[C@H]3C[C@](C)(N)C(=O)[C@H](C)O3)c3ccc(c(Cl)c3)Oc3cc2cc(c3O[C@@H]2O[C@H](CO)[C@@H](O)[C@H](O)[C@H]2O)Oc2ccc(cc2Cl)[C@H]1O. The van der Waals surface area contributed by atoms with Crippen LogP contribution in [0.4, 0.5) is 0 Å². The number of likely N-dealkylation sites (N-methyl/N-ethyl adjacent to an activating group) is 1. The number of aliphatic hydroxyl groups is 5. The van der Waals surface area contributed by atoms with Crippen molar-refractivity contribution in [2.75, 3.05) is 13.7 Å². The molecule has 7 aliphatic heterocycles. The van der Waals surface area contributed by atoms with Crippen LogP contribution in [0.2, 0.25) is 10.0 Å². The third kappa shape index (κ3) is 15.7. The van der Waals surface area contributed by atoms with Crippen LogP contribution in [-0.4, -0.2) is 186 Å². The van der Waals surface area contributed by atoms with Crippen LogP contribution in [-0.2, 0) is 57.4 Å². The van der Waals surface area contributed by atoms with Crippen molar-refractivity contribution in [3.05, 3.63) is 117 Å². The van der Waals surface area contributed by atoms with Crippen molar-refractivity contribution < 1.29 is 118 Å². The van der Waals surface area contributed by atoms with Gasteiger partial charge in [-0.25, -0.2) is 4.79 Å². The van der Waals surface area contributed by atoms with Gasteiger partial charge in [-0.05, 0) is 110 Å². The molecule has 1 unspecified atom stereocenters. The number of amides is 7. The zero-order valence-corrected chi connectivity index (χ0v) is 55.7. The fourth-order valence-electron chi connectivity index (χ4n) is 12.4. The third-order valence-corrected chi connectivity index (χ3v) is 18.1. The molecule has 11 bridgehead atoms. The number of aliphatic carboxylic acids is 1. The molecule has 33 nitrogen and oxygen atoms in total. The number of nitrogens with one attached hydrogen (secondary N) is 7. The van der Waals surface area contributed by atoms with E-state index in [1.54, 1.807) is 0 Å². The molecule has 2 saturated heterocycles. The Kier molecular flexibility index (Phi) is 22.0. The second-order valence-corrected chi connectivity index (χ2v) is 26.3. The number of carboxylic acid groups (broad SMARTS) is 1. The van der Waals surface area contributed by atoms with Crippen LogP contribution in [0.5, 0.6) is 46.0 Å². The Balaban J connectivity index is 1.26. The Morgan fingerprint density at radius 2 is 1.33 bits per heavy atom. The van der Waals surface area contributed by atoms with Gasteiger partial charge in [0.1, 0.15) is 102 Å². The fourth-order valence-corrected chi connectivity index (χ4v) is 12.8. The second-order valence-electron chi connectivity index (χ2n) is 25.5. The minimum atomic E-state index is -2.35. The lowest BCUT2D eigenvalue weighted by Gasteiger charge is -2.40. The minimum absolute atomic E-state index is 0.0975. The van der Waals surface area contributed by atoms with E-state index in [4.69, 9.17) is 63.1 Å². The summed E-state index contributed by atoms with van der Waals surface area (Å²) in [5.41, 5.74) is 7.78. The van der Waals surface area contributed by atoms with E-state index in [-0.39, 0.29) is 39.8 Å². The minimum Gasteiger partial charge on any atom is -0.508 e. The summed E-state index contributed by atoms with van der Waals surface area (Å²) >= 11 is 14.2. The molecule has 2 fully saturated rings. The Labute approximate surface area is 583 Å². The van der Waals surface area contributed by atoms with Gasteiger partial charge < -0.3 is 123 Å². The number of Topliss-reactive ketones (excluding diaryl/α,β-unsaturated/α-hetero) is 1. The molecule has 7 heterocycles. The molecule has 17 atom stereocenters. The third-order valence-electron chi connectivity index (χ3n) is 17.5. The monoisotopic (exact) mass is 1450 g/mol. The maximum absolute atomic E-state index is 16.1. The number of ether oxygens (including phenoxy) is 6. The molecule has 5 aromatic rings. The van der Waals surface area contributed by atoms with Crippen LogP contribution < -0.4 is 62.9 Å². The van der Waals surface area contributed by atoms with Gasteiger partial charge in [-0.15, -0.1) is 0 Å². The van der Waals surface area contributed by atoms with Gasteiger partial charge in [-0.3, -0.25) is 38.4 Å². The average molecular weight is 1450 g/mol. The molecule has 12 rings (SSSR count). The number of ketones is 1. The lowest BCUT2D eigenvalue weighted by atomic mass is 9.88. The Morgan fingerprint density at radius 1 is 0.713 bits per heavy atom. The molecule has 35 heteroatoms. The lowest BCUT2D eigenvalue weighted by Crippen LogP contribution is -2.60. The van der Waals surface area contributed by atoms with Crippen LogP contribution in [0.3, 0.4) is 0 Å². The number of halogens is 2. The number of phenolic OH excluding ortho intramolecular Hbond substituents is 3. The summed E-state index contributed by atoms with van der Waals surface area (Å²) in [4.78, 5) is 132. The van der Waals surface area contributed by atoms with Gasteiger partial charge in [0.15, 0.2) is 29.6 Å². The molecule has 0 aromatic heterocycles. The highest BCUT2D eigenvalue weighted by atomic mass is 35.5. The van der Waals surface area contributed by atoms with E-state index in [9.17, 15) is 69.9 Å². The van der Waals surface area contributed by atoms with E-state index in [1.807, 2.05) is 13.8 Å². The van der Waals surface area contributed by atoms with Crippen molar-refractivity contribution in [2.24, 2.45) is 17.4 Å². The highest BCUT2D eigenvalue weighted by Gasteiger charge is 2.49. The largest absolute Gasteiger partial charge is 0.508 e. The van der Waals surface area contributed by atoms with Crippen LogP contribution in [0.25, 0.3) is 11.1 Å². The highest BCUT2D eigenvalue weighted by Crippen LogP contribution is 2.50. The van der Waals surface area contributed by atoms with Gasteiger partial charge in [0.05, 0.1) is 34.7 Å². The predicted octanol–water partition coefficient (Wildman–Crippen LogP) is 0.314. The molecule has 0 aliphatic carbocycles. The van der Waals surface area contributed by atoms with Crippen LogP contribution in [0.15, 0.2) is 78.9 Å². The highest BCUT2D eigenvalue weighted by molar-refractivity contribution is 6.32. The van der Waals surface area contributed by atoms with Crippen molar-refractivity contribution in [1.29, 1.82) is 0 Å². The average Bonchev–Trinajstić information content (AvgIpc) is 0.770. The van der Waals surface area contributed by atoms with E-state index in [0.29, 0.717) is 0 Å². The van der Waals surface area contributed by atoms with Gasteiger partial charge in [0, 0.05) is 29.2 Å². The molecule has 20 N–H and O–H groups in total. The van der Waals surface area contributed by atoms with Gasteiger partial charge in [-0.2, -0.15) is 0 Å². The molecule has 101 heavy (non-hydrogen) atoms.